The first-order valence-electron chi connectivity index (χ1n) is 8.16. The second-order valence-electron chi connectivity index (χ2n) is 6.21. The number of aromatic nitrogens is 3. The Morgan fingerprint density at radius 3 is 2.62 bits per heavy atom. The largest absolute Gasteiger partial charge is 0.480 e. The van der Waals surface area contributed by atoms with E-state index in [1.54, 1.807) is 19.5 Å². The third-order valence-electron chi connectivity index (χ3n) is 4.78. The lowest BCUT2D eigenvalue weighted by Crippen LogP contribution is -2.55. The summed E-state index contributed by atoms with van der Waals surface area (Å²) < 4.78 is 10.6. The fraction of sp³-hybridized carbons (Fsp3) is 0.562. The van der Waals surface area contributed by atoms with E-state index < -0.39 is 6.23 Å². The van der Waals surface area contributed by atoms with E-state index in [4.69, 9.17) is 9.47 Å². The highest BCUT2D eigenvalue weighted by Crippen LogP contribution is 2.31. The normalized spacial score (nSPS) is 20.8. The molecule has 2 aromatic rings. The Labute approximate surface area is 140 Å². The summed E-state index contributed by atoms with van der Waals surface area (Å²) in [4.78, 5) is 8.89. The number of ether oxygens (including phenoxy) is 2. The fourth-order valence-corrected chi connectivity index (χ4v) is 3.23. The van der Waals surface area contributed by atoms with Crippen molar-refractivity contribution in [2.24, 2.45) is 5.92 Å². The van der Waals surface area contributed by atoms with E-state index in [-0.39, 0.29) is 5.92 Å². The lowest BCUT2D eigenvalue weighted by Gasteiger charge is -2.42. The quantitative estimate of drug-likeness (QED) is 0.846. The SMILES string of the molecule is COc1nc2cnncc2cc1N1CCN(C(O)C2COC2)CC1. The van der Waals surface area contributed by atoms with E-state index in [2.05, 4.69) is 25.0 Å². The molecule has 128 valence electrons. The molecule has 0 aromatic carbocycles. The maximum absolute atomic E-state index is 10.4. The molecule has 1 atom stereocenters. The predicted molar refractivity (Wildman–Crippen MR) is 88.0 cm³/mol. The summed E-state index contributed by atoms with van der Waals surface area (Å²) in [5.41, 5.74) is 1.73. The smallest absolute Gasteiger partial charge is 0.237 e. The maximum Gasteiger partial charge on any atom is 0.237 e. The second kappa shape index (κ2) is 6.46. The minimum Gasteiger partial charge on any atom is -0.480 e. The number of anilines is 1. The van der Waals surface area contributed by atoms with Gasteiger partial charge in [-0.1, -0.05) is 0 Å². The molecule has 1 unspecified atom stereocenters. The summed E-state index contributed by atoms with van der Waals surface area (Å²) in [7, 11) is 1.63. The first-order chi connectivity index (χ1) is 11.8. The molecule has 0 radical (unpaired) electrons. The Kier molecular flexibility index (Phi) is 4.17. The molecule has 2 aliphatic rings. The summed E-state index contributed by atoms with van der Waals surface area (Å²) in [5, 5.41) is 19.1. The van der Waals surface area contributed by atoms with E-state index in [0.717, 1.165) is 42.8 Å². The number of aliphatic hydroxyl groups excluding tert-OH is 1. The average molecular weight is 331 g/mol. The van der Waals surface area contributed by atoms with Crippen molar-refractivity contribution in [2.45, 2.75) is 6.23 Å². The number of rotatable bonds is 4. The van der Waals surface area contributed by atoms with Gasteiger partial charge in [0.15, 0.2) is 0 Å². The van der Waals surface area contributed by atoms with Crippen LogP contribution in [-0.2, 0) is 4.74 Å². The first kappa shape index (κ1) is 15.5. The van der Waals surface area contributed by atoms with Crippen molar-refractivity contribution in [3.05, 3.63) is 18.5 Å². The molecule has 8 nitrogen and oxygen atoms in total. The van der Waals surface area contributed by atoms with Gasteiger partial charge < -0.3 is 19.5 Å². The molecule has 0 aliphatic carbocycles. The number of fused-ring (bicyclic) bond motifs is 1. The van der Waals surface area contributed by atoms with Crippen LogP contribution >= 0.6 is 0 Å². The minimum absolute atomic E-state index is 0.243. The summed E-state index contributed by atoms with van der Waals surface area (Å²) in [6.45, 7) is 4.54. The summed E-state index contributed by atoms with van der Waals surface area (Å²) in [5.74, 6) is 0.837. The Morgan fingerprint density at radius 2 is 1.96 bits per heavy atom. The van der Waals surface area contributed by atoms with Gasteiger partial charge in [0.05, 0.1) is 38.2 Å². The summed E-state index contributed by atoms with van der Waals surface area (Å²) >= 11 is 0. The summed E-state index contributed by atoms with van der Waals surface area (Å²) in [6.07, 6.45) is 2.94. The molecule has 4 heterocycles. The van der Waals surface area contributed by atoms with Crippen LogP contribution in [0.2, 0.25) is 0 Å². The molecule has 1 N–H and O–H groups in total. The molecule has 0 saturated carbocycles. The zero-order valence-electron chi connectivity index (χ0n) is 13.6. The Hall–Kier alpha value is -2.03. The van der Waals surface area contributed by atoms with Crippen LogP contribution in [0.5, 0.6) is 5.88 Å². The van der Waals surface area contributed by atoms with Crippen molar-refractivity contribution in [3.63, 3.8) is 0 Å². The second-order valence-corrected chi connectivity index (χ2v) is 6.21. The van der Waals surface area contributed by atoms with Crippen LogP contribution in [0, 0.1) is 5.92 Å². The van der Waals surface area contributed by atoms with Crippen LogP contribution in [0.15, 0.2) is 18.5 Å². The highest BCUT2D eigenvalue weighted by molar-refractivity contribution is 5.82. The van der Waals surface area contributed by atoms with Crippen LogP contribution in [0.25, 0.3) is 10.9 Å². The van der Waals surface area contributed by atoms with Crippen molar-refractivity contribution in [1.82, 2.24) is 20.1 Å². The number of aliphatic hydroxyl groups is 1. The van der Waals surface area contributed by atoms with Crippen molar-refractivity contribution >= 4 is 16.6 Å². The number of pyridine rings is 1. The number of hydrogen-bond donors (Lipinski definition) is 1. The lowest BCUT2D eigenvalue weighted by molar-refractivity contribution is -0.145. The molecule has 0 bridgehead atoms. The molecule has 8 heteroatoms. The molecule has 2 fully saturated rings. The van der Waals surface area contributed by atoms with Gasteiger partial charge in [0.2, 0.25) is 5.88 Å². The number of methoxy groups -OCH3 is 1. The van der Waals surface area contributed by atoms with Gasteiger partial charge in [0, 0.05) is 37.5 Å². The molecule has 2 aromatic heterocycles. The minimum atomic E-state index is -0.409. The van der Waals surface area contributed by atoms with Gasteiger partial charge >= 0.3 is 0 Å². The van der Waals surface area contributed by atoms with E-state index in [1.807, 2.05) is 6.07 Å². The Morgan fingerprint density at radius 1 is 1.21 bits per heavy atom. The lowest BCUT2D eigenvalue weighted by atomic mass is 10.0. The van der Waals surface area contributed by atoms with Gasteiger partial charge in [-0.3, -0.25) is 4.90 Å². The van der Waals surface area contributed by atoms with Gasteiger partial charge in [0.1, 0.15) is 11.9 Å². The Bertz CT molecular complexity index is 716. The van der Waals surface area contributed by atoms with Gasteiger partial charge in [-0.15, -0.1) is 0 Å². The predicted octanol–water partition coefficient (Wildman–Crippen LogP) is 0.120. The maximum atomic E-state index is 10.4. The van der Waals surface area contributed by atoms with Crippen molar-refractivity contribution in [2.75, 3.05) is 51.4 Å². The van der Waals surface area contributed by atoms with Crippen LogP contribution in [0.4, 0.5) is 5.69 Å². The van der Waals surface area contributed by atoms with E-state index in [1.165, 1.54) is 0 Å². The molecule has 2 aliphatic heterocycles. The number of nitrogens with zero attached hydrogens (tertiary/aromatic N) is 5. The molecule has 4 rings (SSSR count). The standard InChI is InChI=1S/C16H21N5O3/c1-23-15-14(6-11-7-17-18-8-13(11)19-15)20-2-4-21(5-3-20)16(22)12-9-24-10-12/h6-8,12,16,22H,2-5,9-10H2,1H3. The third kappa shape index (κ3) is 2.77. The van der Waals surface area contributed by atoms with Gasteiger partial charge in [-0.25, -0.2) is 4.98 Å². The van der Waals surface area contributed by atoms with Gasteiger partial charge in [0.25, 0.3) is 0 Å². The number of hydrogen-bond acceptors (Lipinski definition) is 8. The zero-order valence-corrected chi connectivity index (χ0v) is 13.6. The van der Waals surface area contributed by atoms with Crippen LogP contribution < -0.4 is 9.64 Å². The van der Waals surface area contributed by atoms with Gasteiger partial charge in [-0.2, -0.15) is 10.2 Å². The highest BCUT2D eigenvalue weighted by Gasteiger charge is 2.33. The fourth-order valence-electron chi connectivity index (χ4n) is 3.23. The molecular weight excluding hydrogens is 310 g/mol. The van der Waals surface area contributed by atoms with E-state index in [0.29, 0.717) is 19.1 Å². The molecular formula is C16H21N5O3. The highest BCUT2D eigenvalue weighted by atomic mass is 16.5. The molecule has 24 heavy (non-hydrogen) atoms. The monoisotopic (exact) mass is 331 g/mol. The van der Waals surface area contributed by atoms with Crippen LogP contribution in [0.3, 0.4) is 0 Å². The van der Waals surface area contributed by atoms with Crippen molar-refractivity contribution < 1.29 is 14.6 Å². The average Bonchev–Trinajstić information content (AvgIpc) is 2.59. The zero-order chi connectivity index (χ0) is 16.5. The van der Waals surface area contributed by atoms with E-state index >= 15 is 0 Å². The molecule has 2 saturated heterocycles. The van der Waals surface area contributed by atoms with E-state index in [9.17, 15) is 5.11 Å². The van der Waals surface area contributed by atoms with Crippen molar-refractivity contribution in [1.29, 1.82) is 0 Å². The van der Waals surface area contributed by atoms with Crippen LogP contribution in [-0.4, -0.2) is 77.9 Å². The first-order valence-corrected chi connectivity index (χ1v) is 8.16. The van der Waals surface area contributed by atoms with Gasteiger partial charge in [-0.05, 0) is 6.07 Å². The molecule has 0 spiro atoms. The molecule has 0 amide bonds. The van der Waals surface area contributed by atoms with Crippen LogP contribution in [0.1, 0.15) is 0 Å². The summed E-state index contributed by atoms with van der Waals surface area (Å²) in [6, 6.07) is 2.04. The number of piperazine rings is 1. The Balaban J connectivity index is 1.51. The topological polar surface area (TPSA) is 83.8 Å². The third-order valence-corrected chi connectivity index (χ3v) is 4.78. The van der Waals surface area contributed by atoms with Crippen molar-refractivity contribution in [3.8, 4) is 5.88 Å².